The fourth-order valence-corrected chi connectivity index (χ4v) is 3.96. The van der Waals surface area contributed by atoms with E-state index in [-0.39, 0.29) is 5.11 Å². The van der Waals surface area contributed by atoms with Crippen LogP contribution in [0.25, 0.3) is 0 Å². The monoisotopic (exact) mass is 486 g/mol. The number of carbonyl (C=O) groups is 1. The maximum Gasteiger partial charge on any atom is 0.258 e. The molecule has 3 aromatic rings. The highest BCUT2D eigenvalue weighted by molar-refractivity contribution is 7.80. The molecule has 0 aromatic heterocycles. The lowest BCUT2D eigenvalue weighted by Crippen LogP contribution is -2.34. The minimum Gasteiger partial charge on any atom is -0.455 e. The van der Waals surface area contributed by atoms with Crippen LogP contribution in [0.1, 0.15) is 38.2 Å². The van der Waals surface area contributed by atoms with Crippen LogP contribution in [-0.2, 0) is 0 Å². The third-order valence-corrected chi connectivity index (χ3v) is 6.35. The zero-order chi connectivity index (χ0) is 23.6. The molecule has 0 bridgehead atoms. The Kier molecular flexibility index (Phi) is 7.44. The molecule has 0 aliphatic heterocycles. The maximum absolute atomic E-state index is 12.5. The fourth-order valence-electron chi connectivity index (χ4n) is 3.25. The van der Waals surface area contributed by atoms with Crippen LogP contribution in [-0.4, -0.2) is 11.0 Å². The molecular weight excluding hydrogens is 463 g/mol. The van der Waals surface area contributed by atoms with Crippen molar-refractivity contribution in [3.05, 3.63) is 85.9 Å². The number of nitrogens with one attached hydrogen (secondary N) is 2. The van der Waals surface area contributed by atoms with Gasteiger partial charge in [0.2, 0.25) is 0 Å². The average molecular weight is 487 g/mol. The third kappa shape index (κ3) is 5.23. The standard InChI is InChI=1S/C25H24Cl2N2O2S/c1-13-10-18(11-14(2)16(13)4)31-23-15(3)12-21(17(5)22(23)27)28-25(32)29-24(30)19-8-6-7-9-20(19)26/h6-12H,1-5H3,(H2,28,29,30,32). The minimum atomic E-state index is -0.390. The summed E-state index contributed by atoms with van der Waals surface area (Å²) in [5.41, 5.74) is 6.16. The highest BCUT2D eigenvalue weighted by Crippen LogP contribution is 2.39. The van der Waals surface area contributed by atoms with Gasteiger partial charge >= 0.3 is 0 Å². The van der Waals surface area contributed by atoms with Gasteiger partial charge in [-0.05, 0) is 105 Å². The van der Waals surface area contributed by atoms with Crippen molar-refractivity contribution >= 4 is 52.1 Å². The Bertz CT molecular complexity index is 1200. The van der Waals surface area contributed by atoms with Gasteiger partial charge in [-0.1, -0.05) is 35.3 Å². The van der Waals surface area contributed by atoms with E-state index in [0.29, 0.717) is 27.0 Å². The highest BCUT2D eigenvalue weighted by Gasteiger charge is 2.17. The Morgan fingerprint density at radius 3 is 2.16 bits per heavy atom. The van der Waals surface area contributed by atoms with E-state index in [4.69, 9.17) is 40.2 Å². The topological polar surface area (TPSA) is 50.4 Å². The lowest BCUT2D eigenvalue weighted by Gasteiger charge is -2.18. The quantitative estimate of drug-likeness (QED) is 0.375. The van der Waals surface area contributed by atoms with Crippen LogP contribution < -0.4 is 15.4 Å². The molecule has 32 heavy (non-hydrogen) atoms. The van der Waals surface area contributed by atoms with Gasteiger partial charge in [0, 0.05) is 5.69 Å². The first-order valence-corrected chi connectivity index (χ1v) is 11.2. The van der Waals surface area contributed by atoms with Crippen LogP contribution in [0.3, 0.4) is 0 Å². The molecule has 3 aromatic carbocycles. The fraction of sp³-hybridized carbons (Fsp3) is 0.200. The molecule has 166 valence electrons. The van der Waals surface area contributed by atoms with E-state index < -0.39 is 5.91 Å². The van der Waals surface area contributed by atoms with Crippen LogP contribution in [0.2, 0.25) is 10.0 Å². The van der Waals surface area contributed by atoms with E-state index in [2.05, 4.69) is 31.4 Å². The highest BCUT2D eigenvalue weighted by atomic mass is 35.5. The largest absolute Gasteiger partial charge is 0.455 e. The number of rotatable bonds is 4. The summed E-state index contributed by atoms with van der Waals surface area (Å²) in [5, 5.41) is 6.67. The molecule has 0 aliphatic carbocycles. The normalized spacial score (nSPS) is 10.6. The van der Waals surface area contributed by atoms with E-state index in [1.54, 1.807) is 24.3 Å². The number of benzene rings is 3. The van der Waals surface area contributed by atoms with Gasteiger partial charge in [-0.25, -0.2) is 0 Å². The molecule has 0 atom stereocenters. The number of thiocarbonyl (C=S) groups is 1. The molecule has 0 spiro atoms. The molecular formula is C25H24Cl2N2O2S. The average Bonchev–Trinajstić information content (AvgIpc) is 2.73. The number of anilines is 1. The number of carbonyl (C=O) groups excluding carboxylic acids is 1. The molecule has 2 N–H and O–H groups in total. The number of hydrogen-bond donors (Lipinski definition) is 2. The summed E-state index contributed by atoms with van der Waals surface area (Å²) in [4.78, 5) is 12.5. The molecule has 4 nitrogen and oxygen atoms in total. The summed E-state index contributed by atoms with van der Waals surface area (Å²) >= 11 is 18.1. The molecule has 0 saturated heterocycles. The smallest absolute Gasteiger partial charge is 0.258 e. The Balaban J connectivity index is 1.80. The van der Waals surface area contributed by atoms with Crippen LogP contribution in [0.5, 0.6) is 11.5 Å². The van der Waals surface area contributed by atoms with Gasteiger partial charge in [-0.3, -0.25) is 10.1 Å². The van der Waals surface area contributed by atoms with Crippen molar-refractivity contribution < 1.29 is 9.53 Å². The van der Waals surface area contributed by atoms with Crippen molar-refractivity contribution in [3.8, 4) is 11.5 Å². The molecule has 0 unspecified atom stereocenters. The predicted octanol–water partition coefficient (Wildman–Crippen LogP) is 7.45. The molecule has 0 heterocycles. The summed E-state index contributed by atoms with van der Waals surface area (Å²) in [6.45, 7) is 9.97. The maximum atomic E-state index is 12.5. The molecule has 7 heteroatoms. The van der Waals surface area contributed by atoms with Crippen molar-refractivity contribution in [2.45, 2.75) is 34.6 Å². The Morgan fingerprint density at radius 1 is 0.906 bits per heavy atom. The number of ether oxygens (including phenoxy) is 1. The summed E-state index contributed by atoms with van der Waals surface area (Å²) in [6, 6.07) is 12.7. The lowest BCUT2D eigenvalue weighted by molar-refractivity contribution is 0.0978. The van der Waals surface area contributed by atoms with Crippen molar-refractivity contribution in [2.75, 3.05) is 5.32 Å². The van der Waals surface area contributed by atoms with Crippen LogP contribution in [0.4, 0.5) is 5.69 Å². The zero-order valence-corrected chi connectivity index (χ0v) is 20.9. The second-order valence-corrected chi connectivity index (χ2v) is 8.87. The number of amides is 1. The Morgan fingerprint density at radius 2 is 1.53 bits per heavy atom. The minimum absolute atomic E-state index is 0.145. The first-order valence-electron chi connectivity index (χ1n) is 10.0. The third-order valence-electron chi connectivity index (χ3n) is 5.37. The van der Waals surface area contributed by atoms with Crippen molar-refractivity contribution in [2.24, 2.45) is 0 Å². The Labute approximate surface area is 203 Å². The molecule has 0 saturated carbocycles. The van der Waals surface area contributed by atoms with Crippen LogP contribution in [0, 0.1) is 34.6 Å². The molecule has 3 rings (SSSR count). The molecule has 0 radical (unpaired) electrons. The van der Waals surface area contributed by atoms with E-state index in [1.807, 2.05) is 32.0 Å². The van der Waals surface area contributed by atoms with Gasteiger partial charge in [0.15, 0.2) is 5.11 Å². The van der Waals surface area contributed by atoms with Crippen LogP contribution in [0.15, 0.2) is 42.5 Å². The van der Waals surface area contributed by atoms with Gasteiger partial charge in [0.25, 0.3) is 5.91 Å². The van der Waals surface area contributed by atoms with Crippen molar-refractivity contribution in [1.82, 2.24) is 5.32 Å². The van der Waals surface area contributed by atoms with Crippen molar-refractivity contribution in [3.63, 3.8) is 0 Å². The first-order chi connectivity index (χ1) is 15.1. The van der Waals surface area contributed by atoms with Crippen molar-refractivity contribution in [1.29, 1.82) is 0 Å². The second kappa shape index (κ2) is 9.90. The van der Waals surface area contributed by atoms with E-state index >= 15 is 0 Å². The van der Waals surface area contributed by atoms with Gasteiger partial charge in [0.05, 0.1) is 15.6 Å². The Hall–Kier alpha value is -2.60. The molecule has 0 aliphatic rings. The number of aryl methyl sites for hydroxylation is 3. The van der Waals surface area contributed by atoms with Gasteiger partial charge in [-0.15, -0.1) is 0 Å². The van der Waals surface area contributed by atoms with Gasteiger partial charge < -0.3 is 10.1 Å². The summed E-state index contributed by atoms with van der Waals surface area (Å²) in [7, 11) is 0. The molecule has 1 amide bonds. The van der Waals surface area contributed by atoms with Gasteiger partial charge in [0.1, 0.15) is 11.5 Å². The lowest BCUT2D eigenvalue weighted by atomic mass is 10.0. The number of halogens is 2. The predicted molar refractivity (Wildman–Crippen MR) is 137 cm³/mol. The SMILES string of the molecule is Cc1cc(Oc2c(C)cc(NC(=S)NC(=O)c3ccccc3Cl)c(C)c2Cl)cc(C)c1C. The second-order valence-electron chi connectivity index (χ2n) is 7.68. The molecule has 0 fully saturated rings. The van der Waals surface area contributed by atoms with E-state index in [9.17, 15) is 4.79 Å². The van der Waals surface area contributed by atoms with Crippen LogP contribution >= 0.6 is 35.4 Å². The first kappa shape index (κ1) is 24.1. The zero-order valence-electron chi connectivity index (χ0n) is 18.5. The van der Waals surface area contributed by atoms with Gasteiger partial charge in [-0.2, -0.15) is 0 Å². The number of hydrogen-bond acceptors (Lipinski definition) is 3. The summed E-state index contributed by atoms with van der Waals surface area (Å²) in [6.07, 6.45) is 0. The summed E-state index contributed by atoms with van der Waals surface area (Å²) < 4.78 is 6.16. The van der Waals surface area contributed by atoms with E-state index in [1.165, 1.54) is 5.56 Å². The summed E-state index contributed by atoms with van der Waals surface area (Å²) in [5.74, 6) is 0.931. The van der Waals surface area contributed by atoms with E-state index in [0.717, 1.165) is 28.0 Å².